The van der Waals surface area contributed by atoms with Crippen molar-refractivity contribution in [3.63, 3.8) is 0 Å². The van der Waals surface area contributed by atoms with Gasteiger partial charge in [0.15, 0.2) is 5.84 Å². The first-order valence-electron chi connectivity index (χ1n) is 5.64. The van der Waals surface area contributed by atoms with Crippen molar-refractivity contribution < 1.29 is 14.9 Å². The molecular weight excluding hydrogens is 262 g/mol. The predicted molar refractivity (Wildman–Crippen MR) is 71.6 cm³/mol. The summed E-state index contributed by atoms with van der Waals surface area (Å²) in [6, 6.07) is 8.61. The van der Waals surface area contributed by atoms with Gasteiger partial charge in [0.1, 0.15) is 17.3 Å². The summed E-state index contributed by atoms with van der Waals surface area (Å²) in [6.07, 6.45) is 0.172. The number of nitrogens with zero attached hydrogens (tertiary/aromatic N) is 3. The lowest BCUT2D eigenvalue weighted by Crippen LogP contribution is -2.14. The Hall–Kier alpha value is -3.03. The quantitative estimate of drug-likeness (QED) is 0.280. The molecule has 8 nitrogen and oxygen atoms in total. The normalized spacial score (nSPS) is 12.6. The van der Waals surface area contributed by atoms with Gasteiger partial charge >= 0.3 is 0 Å². The van der Waals surface area contributed by atoms with Gasteiger partial charge in [0.2, 0.25) is 0 Å². The summed E-state index contributed by atoms with van der Waals surface area (Å²) >= 11 is 0. The molecule has 0 atom stereocenters. The zero-order valence-corrected chi connectivity index (χ0v) is 10.4. The molecule has 20 heavy (non-hydrogen) atoms. The SMILES string of the molecule is NC(=NO)c1ccc(-c2cc(C/C(N)=N\O)on2)cc1. The molecule has 0 aliphatic carbocycles. The minimum atomic E-state index is 0.0318. The fraction of sp³-hybridized carbons (Fsp3) is 0.0833. The van der Waals surface area contributed by atoms with Crippen LogP contribution in [0.25, 0.3) is 11.3 Å². The van der Waals surface area contributed by atoms with Crippen molar-refractivity contribution in [1.29, 1.82) is 0 Å². The Bertz CT molecular complexity index is 645. The molecule has 1 aromatic carbocycles. The van der Waals surface area contributed by atoms with Crippen LogP contribution in [0.4, 0.5) is 0 Å². The summed E-state index contributed by atoms with van der Waals surface area (Å²) in [6.45, 7) is 0. The Morgan fingerprint density at radius 1 is 1.15 bits per heavy atom. The second-order valence-electron chi connectivity index (χ2n) is 4.01. The Kier molecular flexibility index (Phi) is 3.85. The fourth-order valence-electron chi connectivity index (χ4n) is 1.62. The van der Waals surface area contributed by atoms with Crippen LogP contribution in [0.1, 0.15) is 11.3 Å². The van der Waals surface area contributed by atoms with E-state index in [1.165, 1.54) is 0 Å². The minimum absolute atomic E-state index is 0.0318. The van der Waals surface area contributed by atoms with Gasteiger partial charge in [-0.25, -0.2) is 0 Å². The average molecular weight is 275 g/mol. The number of nitrogens with two attached hydrogens (primary N) is 2. The first kappa shape index (κ1) is 13.4. The average Bonchev–Trinajstić information content (AvgIpc) is 2.95. The van der Waals surface area contributed by atoms with E-state index in [0.717, 1.165) is 5.56 Å². The van der Waals surface area contributed by atoms with E-state index in [-0.39, 0.29) is 18.1 Å². The highest BCUT2D eigenvalue weighted by atomic mass is 16.5. The number of benzene rings is 1. The van der Waals surface area contributed by atoms with Crippen LogP contribution >= 0.6 is 0 Å². The molecule has 0 spiro atoms. The third-order valence-electron chi connectivity index (χ3n) is 2.63. The summed E-state index contributed by atoms with van der Waals surface area (Å²) < 4.78 is 5.08. The van der Waals surface area contributed by atoms with Crippen molar-refractivity contribution in [2.45, 2.75) is 6.42 Å². The molecule has 2 rings (SSSR count). The van der Waals surface area contributed by atoms with Gasteiger partial charge < -0.3 is 26.4 Å². The highest BCUT2D eigenvalue weighted by Crippen LogP contribution is 2.20. The van der Waals surface area contributed by atoms with Gasteiger partial charge in [-0.1, -0.05) is 39.7 Å². The van der Waals surface area contributed by atoms with Crippen LogP contribution in [-0.2, 0) is 6.42 Å². The smallest absolute Gasteiger partial charge is 0.170 e. The van der Waals surface area contributed by atoms with Crippen molar-refractivity contribution >= 4 is 11.7 Å². The molecule has 0 aliphatic rings. The summed E-state index contributed by atoms with van der Waals surface area (Å²) in [4.78, 5) is 0. The van der Waals surface area contributed by atoms with E-state index in [1.54, 1.807) is 30.3 Å². The number of oxime groups is 2. The lowest BCUT2D eigenvalue weighted by Gasteiger charge is -1.99. The number of rotatable bonds is 4. The van der Waals surface area contributed by atoms with E-state index in [4.69, 9.17) is 26.4 Å². The van der Waals surface area contributed by atoms with E-state index in [2.05, 4.69) is 15.5 Å². The van der Waals surface area contributed by atoms with E-state index in [0.29, 0.717) is 17.0 Å². The third-order valence-corrected chi connectivity index (χ3v) is 2.63. The second kappa shape index (κ2) is 5.74. The molecule has 2 aromatic rings. The van der Waals surface area contributed by atoms with E-state index < -0.39 is 0 Å². The molecule has 1 aromatic heterocycles. The van der Waals surface area contributed by atoms with Crippen LogP contribution < -0.4 is 11.5 Å². The Morgan fingerprint density at radius 2 is 1.85 bits per heavy atom. The summed E-state index contributed by atoms with van der Waals surface area (Å²) in [5.41, 5.74) is 12.9. The zero-order valence-electron chi connectivity index (χ0n) is 10.4. The molecule has 0 radical (unpaired) electrons. The lowest BCUT2D eigenvalue weighted by atomic mass is 10.1. The van der Waals surface area contributed by atoms with Crippen molar-refractivity contribution in [1.82, 2.24) is 5.16 Å². The standard InChI is InChI=1S/C12H13N5O3/c13-11(15-18)6-9-5-10(17-20-9)7-1-3-8(4-2-7)12(14)16-19/h1-5,18-19H,6H2,(H2,13,15)(H2,14,16). The predicted octanol–water partition coefficient (Wildman–Crippen LogP) is 0.725. The van der Waals surface area contributed by atoms with Gasteiger partial charge in [-0.15, -0.1) is 0 Å². The van der Waals surface area contributed by atoms with Crippen LogP contribution in [0.5, 0.6) is 0 Å². The molecule has 104 valence electrons. The zero-order chi connectivity index (χ0) is 14.5. The summed E-state index contributed by atoms with van der Waals surface area (Å²) in [5.74, 6) is 0.551. The molecule has 0 aliphatic heterocycles. The molecular formula is C12H13N5O3. The van der Waals surface area contributed by atoms with Gasteiger partial charge in [-0.05, 0) is 0 Å². The van der Waals surface area contributed by atoms with E-state index >= 15 is 0 Å². The first-order chi connectivity index (χ1) is 9.63. The summed E-state index contributed by atoms with van der Waals surface area (Å²) in [5, 5.41) is 26.7. The van der Waals surface area contributed by atoms with E-state index in [9.17, 15) is 0 Å². The maximum atomic E-state index is 8.58. The van der Waals surface area contributed by atoms with Crippen LogP contribution in [-0.4, -0.2) is 27.2 Å². The number of amidine groups is 2. The topological polar surface area (TPSA) is 143 Å². The van der Waals surface area contributed by atoms with Crippen LogP contribution in [0, 0.1) is 0 Å². The van der Waals surface area contributed by atoms with Gasteiger partial charge in [-0.3, -0.25) is 0 Å². The van der Waals surface area contributed by atoms with E-state index in [1.807, 2.05) is 0 Å². The number of hydrogen-bond acceptors (Lipinski definition) is 6. The molecule has 1 heterocycles. The lowest BCUT2D eigenvalue weighted by molar-refractivity contribution is 0.316. The molecule has 8 heteroatoms. The van der Waals surface area contributed by atoms with Crippen LogP contribution in [0.3, 0.4) is 0 Å². The molecule has 0 saturated heterocycles. The molecule has 0 bridgehead atoms. The van der Waals surface area contributed by atoms with Crippen molar-refractivity contribution in [2.75, 3.05) is 0 Å². The molecule has 0 amide bonds. The third kappa shape index (κ3) is 2.86. The Morgan fingerprint density at radius 3 is 2.45 bits per heavy atom. The highest BCUT2D eigenvalue weighted by molar-refractivity contribution is 5.97. The molecule has 6 N–H and O–H groups in total. The summed E-state index contributed by atoms with van der Waals surface area (Å²) in [7, 11) is 0. The molecule has 0 unspecified atom stereocenters. The van der Waals surface area contributed by atoms with Crippen LogP contribution in [0.2, 0.25) is 0 Å². The van der Waals surface area contributed by atoms with Gasteiger partial charge in [0.25, 0.3) is 0 Å². The maximum absolute atomic E-state index is 8.58. The van der Waals surface area contributed by atoms with Crippen molar-refractivity contribution in [2.24, 2.45) is 21.8 Å². The molecule has 0 fully saturated rings. The highest BCUT2D eigenvalue weighted by Gasteiger charge is 2.09. The first-order valence-corrected chi connectivity index (χ1v) is 5.64. The Balaban J connectivity index is 2.20. The number of aromatic nitrogens is 1. The molecule has 0 saturated carbocycles. The van der Waals surface area contributed by atoms with Crippen molar-refractivity contribution in [3.8, 4) is 11.3 Å². The second-order valence-corrected chi connectivity index (χ2v) is 4.01. The van der Waals surface area contributed by atoms with Crippen molar-refractivity contribution in [3.05, 3.63) is 41.7 Å². The largest absolute Gasteiger partial charge is 0.409 e. The van der Waals surface area contributed by atoms with Gasteiger partial charge in [0.05, 0.1) is 6.42 Å². The van der Waals surface area contributed by atoms with Crippen LogP contribution in [0.15, 0.2) is 45.2 Å². The minimum Gasteiger partial charge on any atom is -0.409 e. The Labute approximate surface area is 114 Å². The van der Waals surface area contributed by atoms with Gasteiger partial charge in [0, 0.05) is 17.2 Å². The maximum Gasteiger partial charge on any atom is 0.170 e. The van der Waals surface area contributed by atoms with Gasteiger partial charge in [-0.2, -0.15) is 0 Å². The fourth-order valence-corrected chi connectivity index (χ4v) is 1.62. The monoisotopic (exact) mass is 275 g/mol. The number of hydrogen-bond donors (Lipinski definition) is 4.